The molecular formula is C19H20F4N2O3S. The van der Waals surface area contributed by atoms with Gasteiger partial charge in [0.1, 0.15) is 12.4 Å². The molecule has 0 unspecified atom stereocenters. The van der Waals surface area contributed by atoms with Crippen molar-refractivity contribution >= 4 is 21.6 Å². The van der Waals surface area contributed by atoms with E-state index in [-0.39, 0.29) is 18.0 Å². The molecule has 5 nitrogen and oxygen atoms in total. The maximum atomic E-state index is 12.9. The van der Waals surface area contributed by atoms with Crippen LogP contribution in [0.5, 0.6) is 0 Å². The number of hydrogen-bond donors (Lipinski definition) is 1. The van der Waals surface area contributed by atoms with Crippen molar-refractivity contribution in [2.45, 2.75) is 19.0 Å². The first-order chi connectivity index (χ1) is 13.5. The number of nitrogens with one attached hydrogen (secondary N) is 1. The van der Waals surface area contributed by atoms with Crippen molar-refractivity contribution in [2.24, 2.45) is 0 Å². The molecule has 0 fully saturated rings. The standard InChI is InChI=1S/C19H20F4N2O3S/c1-29(27,28)25(17-6-2-5-15(12-17)19(21,22)23)13-18(26)24-11-3-4-14-7-9-16(20)10-8-14/h2,5-10,12H,3-4,11,13H2,1H3,(H,24,26). The molecule has 0 bridgehead atoms. The molecule has 10 heteroatoms. The Bertz CT molecular complexity index is 945. The molecule has 0 saturated carbocycles. The van der Waals surface area contributed by atoms with Crippen LogP contribution in [0, 0.1) is 5.82 Å². The molecule has 2 aromatic rings. The van der Waals surface area contributed by atoms with E-state index in [4.69, 9.17) is 0 Å². The van der Waals surface area contributed by atoms with Gasteiger partial charge in [-0.3, -0.25) is 9.10 Å². The Hall–Kier alpha value is -2.62. The van der Waals surface area contributed by atoms with E-state index in [1.807, 2.05) is 0 Å². The Morgan fingerprint density at radius 2 is 1.76 bits per heavy atom. The molecular weight excluding hydrogens is 412 g/mol. The fourth-order valence-electron chi connectivity index (χ4n) is 2.60. The van der Waals surface area contributed by atoms with Crippen LogP contribution in [0.25, 0.3) is 0 Å². The minimum atomic E-state index is -4.64. The van der Waals surface area contributed by atoms with Crippen molar-refractivity contribution in [1.82, 2.24) is 5.32 Å². The highest BCUT2D eigenvalue weighted by Crippen LogP contribution is 2.32. The minimum absolute atomic E-state index is 0.233. The second-order valence-corrected chi connectivity index (χ2v) is 8.30. The molecule has 2 aromatic carbocycles. The lowest BCUT2D eigenvalue weighted by molar-refractivity contribution is -0.137. The zero-order valence-electron chi connectivity index (χ0n) is 15.5. The van der Waals surface area contributed by atoms with Gasteiger partial charge in [0.2, 0.25) is 15.9 Å². The average molecular weight is 432 g/mol. The molecule has 0 spiro atoms. The van der Waals surface area contributed by atoms with E-state index < -0.39 is 34.2 Å². The largest absolute Gasteiger partial charge is 0.416 e. The van der Waals surface area contributed by atoms with E-state index in [0.717, 1.165) is 24.0 Å². The number of rotatable bonds is 8. The van der Waals surface area contributed by atoms with Crippen molar-refractivity contribution in [3.8, 4) is 0 Å². The molecule has 0 aliphatic heterocycles. The number of anilines is 1. The number of carbonyl (C=O) groups is 1. The normalized spacial score (nSPS) is 11.9. The summed E-state index contributed by atoms with van der Waals surface area (Å²) in [7, 11) is -3.98. The number of carbonyl (C=O) groups excluding carboxylic acids is 1. The summed E-state index contributed by atoms with van der Waals surface area (Å²) in [6.45, 7) is -0.410. The fourth-order valence-corrected chi connectivity index (χ4v) is 3.44. The highest BCUT2D eigenvalue weighted by molar-refractivity contribution is 7.92. The highest BCUT2D eigenvalue weighted by Gasteiger charge is 2.31. The number of hydrogen-bond acceptors (Lipinski definition) is 3. The smallest absolute Gasteiger partial charge is 0.355 e. The first-order valence-electron chi connectivity index (χ1n) is 8.63. The van der Waals surface area contributed by atoms with Gasteiger partial charge >= 0.3 is 6.18 Å². The third kappa shape index (κ3) is 7.04. The van der Waals surface area contributed by atoms with E-state index in [9.17, 15) is 30.8 Å². The van der Waals surface area contributed by atoms with Crippen molar-refractivity contribution in [3.05, 3.63) is 65.5 Å². The van der Waals surface area contributed by atoms with Crippen LogP contribution in [-0.4, -0.2) is 33.7 Å². The second kappa shape index (κ2) is 9.25. The van der Waals surface area contributed by atoms with Gasteiger partial charge in [0.05, 0.1) is 17.5 Å². The molecule has 0 aliphatic rings. The minimum Gasteiger partial charge on any atom is -0.355 e. The van der Waals surface area contributed by atoms with E-state index in [1.54, 1.807) is 12.1 Å². The number of nitrogens with zero attached hydrogens (tertiary/aromatic N) is 1. The average Bonchev–Trinajstić information content (AvgIpc) is 2.63. The Morgan fingerprint density at radius 1 is 1.10 bits per heavy atom. The molecule has 1 N–H and O–H groups in total. The van der Waals surface area contributed by atoms with E-state index in [1.165, 1.54) is 18.2 Å². The molecule has 0 heterocycles. The Balaban J connectivity index is 1.98. The molecule has 0 saturated heterocycles. The maximum absolute atomic E-state index is 12.9. The summed E-state index contributed by atoms with van der Waals surface area (Å²) >= 11 is 0. The molecule has 158 valence electrons. The van der Waals surface area contributed by atoms with Gasteiger partial charge in [-0.2, -0.15) is 13.2 Å². The number of sulfonamides is 1. The van der Waals surface area contributed by atoms with Crippen LogP contribution in [0.15, 0.2) is 48.5 Å². The SMILES string of the molecule is CS(=O)(=O)N(CC(=O)NCCCc1ccc(F)cc1)c1cccc(C(F)(F)F)c1. The molecule has 29 heavy (non-hydrogen) atoms. The van der Waals surface area contributed by atoms with Crippen LogP contribution in [0.2, 0.25) is 0 Å². The van der Waals surface area contributed by atoms with Gasteiger partial charge in [-0.15, -0.1) is 0 Å². The van der Waals surface area contributed by atoms with Crippen molar-refractivity contribution in [1.29, 1.82) is 0 Å². The van der Waals surface area contributed by atoms with E-state index >= 15 is 0 Å². The molecule has 2 rings (SSSR count). The Kier molecular flexibility index (Phi) is 7.23. The second-order valence-electron chi connectivity index (χ2n) is 6.40. The quantitative estimate of drug-likeness (QED) is 0.514. The maximum Gasteiger partial charge on any atom is 0.416 e. The lowest BCUT2D eigenvalue weighted by atomic mass is 10.1. The van der Waals surface area contributed by atoms with E-state index in [0.29, 0.717) is 23.2 Å². The number of aryl methyl sites for hydroxylation is 1. The van der Waals surface area contributed by atoms with Gasteiger partial charge in [-0.25, -0.2) is 12.8 Å². The summed E-state index contributed by atoms with van der Waals surface area (Å²) < 4.78 is 76.2. The number of halogens is 4. The Morgan fingerprint density at radius 3 is 2.34 bits per heavy atom. The van der Waals surface area contributed by atoms with Crippen LogP contribution >= 0.6 is 0 Å². The van der Waals surface area contributed by atoms with Crippen molar-refractivity contribution in [2.75, 3.05) is 23.7 Å². The van der Waals surface area contributed by atoms with Crippen molar-refractivity contribution in [3.63, 3.8) is 0 Å². The summed E-state index contributed by atoms with van der Waals surface area (Å²) in [5.74, 6) is -0.996. The van der Waals surface area contributed by atoms with Crippen LogP contribution in [0.4, 0.5) is 23.2 Å². The van der Waals surface area contributed by atoms with Gasteiger partial charge in [-0.1, -0.05) is 18.2 Å². The monoisotopic (exact) mass is 432 g/mol. The summed E-state index contributed by atoms with van der Waals surface area (Å²) in [4.78, 5) is 12.1. The Labute approximate surface area is 166 Å². The van der Waals surface area contributed by atoms with Crippen LogP contribution in [0.1, 0.15) is 17.5 Å². The number of benzene rings is 2. The van der Waals surface area contributed by atoms with Crippen LogP contribution in [-0.2, 0) is 27.4 Å². The van der Waals surface area contributed by atoms with E-state index in [2.05, 4.69) is 5.32 Å². The molecule has 0 radical (unpaired) electrons. The lowest BCUT2D eigenvalue weighted by Crippen LogP contribution is -2.40. The van der Waals surface area contributed by atoms with Crippen LogP contribution < -0.4 is 9.62 Å². The third-order valence-corrected chi connectivity index (χ3v) is 5.17. The summed E-state index contributed by atoms with van der Waals surface area (Å²) in [5.41, 5.74) is -0.380. The predicted octanol–water partition coefficient (Wildman–Crippen LogP) is 3.36. The van der Waals surface area contributed by atoms with Crippen molar-refractivity contribution < 1.29 is 30.8 Å². The first kappa shape index (κ1) is 22.7. The highest BCUT2D eigenvalue weighted by atomic mass is 32.2. The van der Waals surface area contributed by atoms with Gasteiger partial charge in [0.15, 0.2) is 0 Å². The molecule has 0 aromatic heterocycles. The predicted molar refractivity (Wildman–Crippen MR) is 101 cm³/mol. The first-order valence-corrected chi connectivity index (χ1v) is 10.5. The fraction of sp³-hybridized carbons (Fsp3) is 0.316. The summed E-state index contributed by atoms with van der Waals surface area (Å²) in [6, 6.07) is 9.67. The number of amides is 1. The zero-order chi connectivity index (χ0) is 21.7. The van der Waals surface area contributed by atoms with Gasteiger partial charge in [-0.05, 0) is 48.7 Å². The molecule has 0 atom stereocenters. The zero-order valence-corrected chi connectivity index (χ0v) is 16.4. The topological polar surface area (TPSA) is 66.5 Å². The number of alkyl halides is 3. The van der Waals surface area contributed by atoms with Crippen LogP contribution in [0.3, 0.4) is 0 Å². The summed E-state index contributed by atoms with van der Waals surface area (Å²) in [5, 5.41) is 2.54. The van der Waals surface area contributed by atoms with Gasteiger partial charge in [0, 0.05) is 6.54 Å². The third-order valence-electron chi connectivity index (χ3n) is 4.03. The molecule has 1 amide bonds. The lowest BCUT2D eigenvalue weighted by Gasteiger charge is -2.22. The van der Waals surface area contributed by atoms with Gasteiger partial charge < -0.3 is 5.32 Å². The van der Waals surface area contributed by atoms with Gasteiger partial charge in [0.25, 0.3) is 0 Å². The summed E-state index contributed by atoms with van der Waals surface area (Å²) in [6.07, 6.45) is -2.72. The molecule has 0 aliphatic carbocycles.